The van der Waals surface area contributed by atoms with Crippen LogP contribution < -0.4 is 0 Å². The van der Waals surface area contributed by atoms with Crippen LogP contribution in [0.25, 0.3) is 0 Å². The van der Waals surface area contributed by atoms with Crippen molar-refractivity contribution in [2.75, 3.05) is 7.11 Å². The highest BCUT2D eigenvalue weighted by molar-refractivity contribution is 8.01. The lowest BCUT2D eigenvalue weighted by atomic mass is 10.2. The summed E-state index contributed by atoms with van der Waals surface area (Å²) in [5.74, 6) is -0.0897. The molecule has 0 atom stereocenters. The Morgan fingerprint density at radius 1 is 1.33 bits per heavy atom. The standard InChI is InChI=1S/C12H14O2S/c1-9-3-5-10(6-4-9)15-12(7-8-12)11(13)14-2/h3-6H,7-8H2,1-2H3. The van der Waals surface area contributed by atoms with Crippen LogP contribution in [0.4, 0.5) is 0 Å². The summed E-state index contributed by atoms with van der Waals surface area (Å²) < 4.78 is 4.53. The van der Waals surface area contributed by atoms with Gasteiger partial charge in [-0.25, -0.2) is 0 Å². The van der Waals surface area contributed by atoms with Crippen molar-refractivity contribution >= 4 is 17.7 Å². The van der Waals surface area contributed by atoms with Crippen molar-refractivity contribution in [3.05, 3.63) is 29.8 Å². The van der Waals surface area contributed by atoms with Crippen LogP contribution in [0.2, 0.25) is 0 Å². The lowest BCUT2D eigenvalue weighted by Crippen LogP contribution is -2.19. The molecule has 0 aliphatic heterocycles. The Morgan fingerprint density at radius 3 is 2.40 bits per heavy atom. The fourth-order valence-electron chi connectivity index (χ4n) is 1.48. The number of carbonyl (C=O) groups is 1. The lowest BCUT2D eigenvalue weighted by Gasteiger charge is -2.11. The predicted octanol–water partition coefficient (Wildman–Crippen LogP) is 2.79. The highest BCUT2D eigenvalue weighted by atomic mass is 32.2. The van der Waals surface area contributed by atoms with E-state index >= 15 is 0 Å². The molecule has 2 rings (SSSR count). The Hall–Kier alpha value is -0.960. The first-order valence-corrected chi connectivity index (χ1v) is 5.82. The van der Waals surface area contributed by atoms with Crippen molar-refractivity contribution in [2.24, 2.45) is 0 Å². The van der Waals surface area contributed by atoms with Gasteiger partial charge in [-0.2, -0.15) is 0 Å². The van der Waals surface area contributed by atoms with Gasteiger partial charge in [-0.1, -0.05) is 17.7 Å². The molecule has 1 fully saturated rings. The second-order valence-electron chi connectivity index (χ2n) is 3.90. The van der Waals surface area contributed by atoms with Gasteiger partial charge in [0.15, 0.2) is 0 Å². The van der Waals surface area contributed by atoms with Gasteiger partial charge < -0.3 is 4.74 Å². The molecule has 0 unspecified atom stereocenters. The SMILES string of the molecule is COC(=O)C1(Sc2ccc(C)cc2)CC1. The molecular formula is C12H14O2S. The first-order chi connectivity index (χ1) is 7.16. The molecule has 0 saturated heterocycles. The van der Waals surface area contributed by atoms with E-state index in [-0.39, 0.29) is 10.7 Å². The van der Waals surface area contributed by atoms with E-state index < -0.39 is 0 Å². The molecule has 0 radical (unpaired) electrons. The molecule has 0 spiro atoms. The van der Waals surface area contributed by atoms with Crippen molar-refractivity contribution < 1.29 is 9.53 Å². The minimum atomic E-state index is -0.288. The number of ether oxygens (including phenoxy) is 1. The monoisotopic (exact) mass is 222 g/mol. The van der Waals surface area contributed by atoms with Crippen molar-refractivity contribution in [3.8, 4) is 0 Å². The normalized spacial score (nSPS) is 17.2. The summed E-state index contributed by atoms with van der Waals surface area (Å²) in [5, 5.41) is 0. The average Bonchev–Trinajstić information content (AvgIpc) is 3.01. The number of hydrogen-bond acceptors (Lipinski definition) is 3. The second-order valence-corrected chi connectivity index (χ2v) is 5.36. The van der Waals surface area contributed by atoms with E-state index in [0.29, 0.717) is 0 Å². The molecule has 0 bridgehead atoms. The minimum Gasteiger partial charge on any atom is -0.468 e. The summed E-state index contributed by atoms with van der Waals surface area (Å²) in [4.78, 5) is 12.7. The Labute approximate surface area is 94.0 Å². The van der Waals surface area contributed by atoms with Crippen LogP contribution >= 0.6 is 11.8 Å². The maximum absolute atomic E-state index is 11.5. The van der Waals surface area contributed by atoms with Gasteiger partial charge in [0.25, 0.3) is 0 Å². The molecular weight excluding hydrogens is 208 g/mol. The summed E-state index contributed by atoms with van der Waals surface area (Å²) >= 11 is 1.62. The van der Waals surface area contributed by atoms with Crippen LogP contribution in [0.1, 0.15) is 18.4 Å². The van der Waals surface area contributed by atoms with Crippen LogP contribution in [0.5, 0.6) is 0 Å². The molecule has 1 saturated carbocycles. The summed E-state index contributed by atoms with van der Waals surface area (Å²) in [6.07, 6.45) is 1.86. The maximum atomic E-state index is 11.5. The number of hydrogen-bond donors (Lipinski definition) is 0. The molecule has 1 aromatic carbocycles. The van der Waals surface area contributed by atoms with Crippen LogP contribution in [0, 0.1) is 6.92 Å². The molecule has 1 aromatic rings. The largest absolute Gasteiger partial charge is 0.468 e. The van der Waals surface area contributed by atoms with Gasteiger partial charge in [-0.05, 0) is 31.9 Å². The topological polar surface area (TPSA) is 26.3 Å². The zero-order chi connectivity index (χ0) is 10.9. The fourth-order valence-corrected chi connectivity index (χ4v) is 2.68. The van der Waals surface area contributed by atoms with Crippen LogP contribution in [0.15, 0.2) is 29.2 Å². The van der Waals surface area contributed by atoms with Gasteiger partial charge in [-0.15, -0.1) is 11.8 Å². The molecule has 1 aliphatic carbocycles. The number of aryl methyl sites for hydroxylation is 1. The van der Waals surface area contributed by atoms with E-state index in [4.69, 9.17) is 4.74 Å². The molecule has 1 aliphatic rings. The van der Waals surface area contributed by atoms with Crippen molar-refractivity contribution in [2.45, 2.75) is 29.4 Å². The van der Waals surface area contributed by atoms with E-state index in [0.717, 1.165) is 17.7 Å². The van der Waals surface area contributed by atoms with E-state index in [2.05, 4.69) is 31.2 Å². The Balaban J connectivity index is 2.09. The lowest BCUT2D eigenvalue weighted by molar-refractivity contribution is -0.140. The molecule has 3 heteroatoms. The quantitative estimate of drug-likeness (QED) is 0.736. The molecule has 15 heavy (non-hydrogen) atoms. The maximum Gasteiger partial charge on any atom is 0.322 e. The number of carbonyl (C=O) groups excluding carboxylic acids is 1. The number of thioether (sulfide) groups is 1. The molecule has 0 N–H and O–H groups in total. The molecule has 0 amide bonds. The van der Waals surface area contributed by atoms with Gasteiger partial charge in [0.1, 0.15) is 4.75 Å². The highest BCUT2D eigenvalue weighted by Crippen LogP contribution is 2.52. The van der Waals surface area contributed by atoms with Gasteiger partial charge in [0.2, 0.25) is 0 Å². The number of rotatable bonds is 3. The van der Waals surface area contributed by atoms with Crippen molar-refractivity contribution in [3.63, 3.8) is 0 Å². The Bertz CT molecular complexity index is 366. The van der Waals surface area contributed by atoms with Crippen molar-refractivity contribution in [1.82, 2.24) is 0 Å². The molecule has 2 nitrogen and oxygen atoms in total. The zero-order valence-electron chi connectivity index (χ0n) is 8.95. The highest BCUT2D eigenvalue weighted by Gasteiger charge is 2.52. The third-order valence-corrected chi connectivity index (χ3v) is 4.07. The van der Waals surface area contributed by atoms with E-state index in [1.54, 1.807) is 11.8 Å². The van der Waals surface area contributed by atoms with E-state index in [1.165, 1.54) is 12.7 Å². The average molecular weight is 222 g/mol. The molecule has 80 valence electrons. The summed E-state index contributed by atoms with van der Waals surface area (Å²) in [6.45, 7) is 2.06. The first kappa shape index (κ1) is 10.6. The Morgan fingerprint density at radius 2 is 1.93 bits per heavy atom. The zero-order valence-corrected chi connectivity index (χ0v) is 9.76. The Kier molecular flexibility index (Phi) is 2.74. The molecule has 0 aromatic heterocycles. The second kappa shape index (κ2) is 3.89. The van der Waals surface area contributed by atoms with Crippen LogP contribution in [0.3, 0.4) is 0 Å². The third-order valence-electron chi connectivity index (χ3n) is 2.60. The van der Waals surface area contributed by atoms with Crippen molar-refractivity contribution in [1.29, 1.82) is 0 Å². The predicted molar refractivity (Wildman–Crippen MR) is 61.0 cm³/mol. The summed E-state index contributed by atoms with van der Waals surface area (Å²) in [5.41, 5.74) is 1.24. The summed E-state index contributed by atoms with van der Waals surface area (Å²) in [7, 11) is 1.46. The fraction of sp³-hybridized carbons (Fsp3) is 0.417. The van der Waals surface area contributed by atoms with Gasteiger partial charge >= 0.3 is 5.97 Å². The van der Waals surface area contributed by atoms with Gasteiger partial charge in [-0.3, -0.25) is 4.79 Å². The number of methoxy groups -OCH3 is 1. The van der Waals surface area contributed by atoms with E-state index in [9.17, 15) is 4.79 Å². The van der Waals surface area contributed by atoms with Gasteiger partial charge in [0.05, 0.1) is 7.11 Å². The third kappa shape index (κ3) is 2.17. The smallest absolute Gasteiger partial charge is 0.322 e. The molecule has 0 heterocycles. The minimum absolute atomic E-state index is 0.0897. The van der Waals surface area contributed by atoms with Gasteiger partial charge in [0, 0.05) is 4.90 Å². The van der Waals surface area contributed by atoms with Crippen LogP contribution in [-0.2, 0) is 9.53 Å². The number of esters is 1. The van der Waals surface area contributed by atoms with Crippen LogP contribution in [-0.4, -0.2) is 17.8 Å². The number of benzene rings is 1. The first-order valence-electron chi connectivity index (χ1n) is 5.00. The van der Waals surface area contributed by atoms with E-state index in [1.807, 2.05) is 0 Å². The summed E-state index contributed by atoms with van der Waals surface area (Å²) in [6, 6.07) is 8.25.